The maximum Gasteiger partial charge on any atom is 0.326 e. The van der Waals surface area contributed by atoms with Gasteiger partial charge in [0.1, 0.15) is 5.75 Å². The number of fused-ring (bicyclic) bond motifs is 1. The van der Waals surface area contributed by atoms with Crippen molar-refractivity contribution in [1.82, 2.24) is 24.9 Å². The second kappa shape index (κ2) is 6.25. The first kappa shape index (κ1) is 15.7. The van der Waals surface area contributed by atoms with Crippen molar-refractivity contribution in [3.63, 3.8) is 0 Å². The van der Waals surface area contributed by atoms with Crippen molar-refractivity contribution in [1.29, 1.82) is 0 Å². The van der Waals surface area contributed by atoms with Crippen molar-refractivity contribution in [2.24, 2.45) is 0 Å². The van der Waals surface area contributed by atoms with Crippen LogP contribution in [0.3, 0.4) is 0 Å². The van der Waals surface area contributed by atoms with Crippen molar-refractivity contribution >= 4 is 11.0 Å². The summed E-state index contributed by atoms with van der Waals surface area (Å²) in [6.45, 7) is 1.81. The van der Waals surface area contributed by atoms with Crippen LogP contribution in [0.1, 0.15) is 5.56 Å². The number of nitrogens with one attached hydrogen (secondary N) is 2. The van der Waals surface area contributed by atoms with Gasteiger partial charge in [0.15, 0.2) is 5.52 Å². The molecule has 4 aromatic rings. The molecule has 0 bridgehead atoms. The third-order valence-electron chi connectivity index (χ3n) is 3.80. The summed E-state index contributed by atoms with van der Waals surface area (Å²) in [6, 6.07) is 11.0. The number of pyridine rings is 1. The molecule has 26 heavy (non-hydrogen) atoms. The first-order chi connectivity index (χ1) is 12.6. The minimum absolute atomic E-state index is 0.192. The first-order valence-corrected chi connectivity index (χ1v) is 7.79. The Balaban J connectivity index is 1.71. The summed E-state index contributed by atoms with van der Waals surface area (Å²) < 4.78 is 5.56. The lowest BCUT2D eigenvalue weighted by atomic mass is 10.1. The van der Waals surface area contributed by atoms with E-state index in [0.29, 0.717) is 17.0 Å². The lowest BCUT2D eigenvalue weighted by Crippen LogP contribution is -2.23. The van der Waals surface area contributed by atoms with Crippen LogP contribution in [-0.2, 0) is 0 Å². The molecule has 0 saturated heterocycles. The van der Waals surface area contributed by atoms with Crippen molar-refractivity contribution in [3.8, 4) is 23.0 Å². The van der Waals surface area contributed by atoms with Gasteiger partial charge < -0.3 is 9.72 Å². The Morgan fingerprint density at radius 3 is 2.46 bits per heavy atom. The number of benzene rings is 1. The van der Waals surface area contributed by atoms with Gasteiger partial charge in [0, 0.05) is 18.0 Å². The van der Waals surface area contributed by atoms with E-state index in [4.69, 9.17) is 4.74 Å². The molecule has 8 heteroatoms. The quantitative estimate of drug-likeness (QED) is 0.587. The van der Waals surface area contributed by atoms with E-state index < -0.39 is 11.2 Å². The number of H-pyrrole nitrogens is 2. The van der Waals surface area contributed by atoms with Gasteiger partial charge in [-0.15, -0.1) is 0 Å². The molecule has 0 unspecified atom stereocenters. The highest BCUT2D eigenvalue weighted by Gasteiger charge is 2.09. The van der Waals surface area contributed by atoms with E-state index in [9.17, 15) is 9.59 Å². The van der Waals surface area contributed by atoms with Gasteiger partial charge in [-0.25, -0.2) is 19.7 Å². The highest BCUT2D eigenvalue weighted by molar-refractivity contribution is 5.80. The molecule has 0 aliphatic rings. The molecule has 0 aliphatic heterocycles. The Morgan fingerprint density at radius 2 is 1.73 bits per heavy atom. The van der Waals surface area contributed by atoms with Crippen LogP contribution >= 0.6 is 0 Å². The van der Waals surface area contributed by atoms with E-state index in [0.717, 1.165) is 11.1 Å². The SMILES string of the molecule is Cc1cc(-c2ccc(Oc3ncccn3)cc2)nc2c(=O)[nH]c(=O)[nH]c12. The van der Waals surface area contributed by atoms with Gasteiger partial charge in [-0.3, -0.25) is 9.78 Å². The highest BCUT2D eigenvalue weighted by atomic mass is 16.5. The Hall–Kier alpha value is -3.81. The van der Waals surface area contributed by atoms with E-state index in [1.165, 1.54) is 0 Å². The fourth-order valence-electron chi connectivity index (χ4n) is 2.59. The molecule has 3 heterocycles. The van der Waals surface area contributed by atoms with Crippen molar-refractivity contribution in [3.05, 3.63) is 75.2 Å². The van der Waals surface area contributed by atoms with Crippen molar-refractivity contribution < 1.29 is 4.74 Å². The van der Waals surface area contributed by atoms with E-state index >= 15 is 0 Å². The third-order valence-corrected chi connectivity index (χ3v) is 3.80. The molecule has 1 aromatic carbocycles. The Morgan fingerprint density at radius 1 is 1.00 bits per heavy atom. The zero-order valence-corrected chi connectivity index (χ0v) is 13.7. The zero-order chi connectivity index (χ0) is 18.1. The van der Waals surface area contributed by atoms with E-state index in [1.54, 1.807) is 30.6 Å². The van der Waals surface area contributed by atoms with Crippen LogP contribution < -0.4 is 16.0 Å². The molecule has 128 valence electrons. The molecule has 4 rings (SSSR count). The monoisotopic (exact) mass is 347 g/mol. The predicted octanol–water partition coefficient (Wildman–Crippen LogP) is 2.17. The van der Waals surface area contributed by atoms with Gasteiger partial charge in [-0.2, -0.15) is 0 Å². The lowest BCUT2D eigenvalue weighted by molar-refractivity contribution is 0.442. The number of aromatic nitrogens is 5. The molecular weight excluding hydrogens is 334 g/mol. The van der Waals surface area contributed by atoms with Crippen molar-refractivity contribution in [2.45, 2.75) is 6.92 Å². The van der Waals surface area contributed by atoms with Gasteiger partial charge in [-0.1, -0.05) is 0 Å². The lowest BCUT2D eigenvalue weighted by Gasteiger charge is -2.07. The Labute approximate surface area is 146 Å². The van der Waals surface area contributed by atoms with Crippen LogP contribution in [0.25, 0.3) is 22.3 Å². The second-order valence-corrected chi connectivity index (χ2v) is 5.61. The highest BCUT2D eigenvalue weighted by Crippen LogP contribution is 2.25. The van der Waals surface area contributed by atoms with Crippen LogP contribution in [0.5, 0.6) is 11.8 Å². The zero-order valence-electron chi connectivity index (χ0n) is 13.7. The summed E-state index contributed by atoms with van der Waals surface area (Å²) in [6.07, 6.45) is 3.20. The summed E-state index contributed by atoms with van der Waals surface area (Å²) in [5.41, 5.74) is 1.74. The Kier molecular flexibility index (Phi) is 3.77. The summed E-state index contributed by atoms with van der Waals surface area (Å²) in [4.78, 5) is 40.6. The standard InChI is InChI=1S/C18H13N5O3/c1-10-9-13(21-15-14(10)22-17(25)23-16(15)24)11-3-5-12(6-4-11)26-18-19-7-2-8-20-18/h2-9H,1H3,(H2,22,23,24,25). The molecule has 0 saturated carbocycles. The normalized spacial score (nSPS) is 10.8. The van der Waals surface area contributed by atoms with Crippen molar-refractivity contribution in [2.75, 3.05) is 0 Å². The number of nitrogens with zero attached hydrogens (tertiary/aromatic N) is 3. The fourth-order valence-corrected chi connectivity index (χ4v) is 2.59. The van der Waals surface area contributed by atoms with Crippen LogP contribution in [-0.4, -0.2) is 24.9 Å². The third kappa shape index (κ3) is 2.95. The molecule has 0 atom stereocenters. The van der Waals surface area contributed by atoms with Gasteiger partial charge in [0.05, 0.1) is 11.2 Å². The largest absolute Gasteiger partial charge is 0.424 e. The second-order valence-electron chi connectivity index (χ2n) is 5.61. The van der Waals surface area contributed by atoms with E-state index in [1.807, 2.05) is 25.1 Å². The summed E-state index contributed by atoms with van der Waals surface area (Å²) in [5.74, 6) is 0.583. The molecule has 0 aliphatic carbocycles. The smallest absolute Gasteiger partial charge is 0.326 e. The molecule has 3 aromatic heterocycles. The van der Waals surface area contributed by atoms with E-state index in [2.05, 4.69) is 24.9 Å². The van der Waals surface area contributed by atoms with Gasteiger partial charge >= 0.3 is 11.7 Å². The minimum atomic E-state index is -0.551. The number of aryl methyl sites for hydroxylation is 1. The summed E-state index contributed by atoms with van der Waals surface area (Å²) in [5, 5.41) is 0. The average molecular weight is 347 g/mol. The minimum Gasteiger partial charge on any atom is -0.424 e. The molecule has 2 N–H and O–H groups in total. The first-order valence-electron chi connectivity index (χ1n) is 7.79. The molecule has 0 fully saturated rings. The predicted molar refractivity (Wildman–Crippen MR) is 95.3 cm³/mol. The van der Waals surface area contributed by atoms with Gasteiger partial charge in [0.25, 0.3) is 5.56 Å². The number of ether oxygens (including phenoxy) is 1. The van der Waals surface area contributed by atoms with Crippen LogP contribution in [0.2, 0.25) is 0 Å². The number of aromatic amines is 2. The molecule has 0 radical (unpaired) electrons. The average Bonchev–Trinajstić information content (AvgIpc) is 2.64. The van der Waals surface area contributed by atoms with Crippen LogP contribution in [0, 0.1) is 6.92 Å². The maximum absolute atomic E-state index is 12.0. The van der Waals surface area contributed by atoms with Gasteiger partial charge in [0.2, 0.25) is 0 Å². The van der Waals surface area contributed by atoms with Crippen LogP contribution in [0.4, 0.5) is 0 Å². The maximum atomic E-state index is 12.0. The molecule has 0 amide bonds. The number of hydrogen-bond acceptors (Lipinski definition) is 6. The fraction of sp³-hybridized carbons (Fsp3) is 0.0556. The Bertz CT molecular complexity index is 1200. The topological polar surface area (TPSA) is 114 Å². The summed E-state index contributed by atoms with van der Waals surface area (Å²) in [7, 11) is 0. The van der Waals surface area contributed by atoms with E-state index in [-0.39, 0.29) is 11.5 Å². The number of hydrogen-bond donors (Lipinski definition) is 2. The summed E-state index contributed by atoms with van der Waals surface area (Å²) >= 11 is 0. The van der Waals surface area contributed by atoms with Crippen LogP contribution in [0.15, 0.2) is 58.4 Å². The molecule has 0 spiro atoms. The van der Waals surface area contributed by atoms with Gasteiger partial charge in [-0.05, 0) is 48.9 Å². The number of rotatable bonds is 3. The molecule has 8 nitrogen and oxygen atoms in total. The molecular formula is C18H13N5O3.